The van der Waals surface area contributed by atoms with Crippen LogP contribution < -0.4 is 15.8 Å². The van der Waals surface area contributed by atoms with Crippen molar-refractivity contribution in [2.75, 3.05) is 31.8 Å². The molecule has 21 heavy (non-hydrogen) atoms. The quantitative estimate of drug-likeness (QED) is 0.594. The molecule has 0 spiro atoms. The van der Waals surface area contributed by atoms with E-state index in [9.17, 15) is 18.0 Å². The number of ether oxygens (including phenoxy) is 2. The van der Waals surface area contributed by atoms with Crippen molar-refractivity contribution in [3.8, 4) is 5.75 Å². The zero-order chi connectivity index (χ0) is 16.0. The summed E-state index contributed by atoms with van der Waals surface area (Å²) >= 11 is 1.05. The van der Waals surface area contributed by atoms with Crippen LogP contribution in [0.5, 0.6) is 5.75 Å². The van der Waals surface area contributed by atoms with Gasteiger partial charge in [0, 0.05) is 13.0 Å². The van der Waals surface area contributed by atoms with Crippen LogP contribution >= 0.6 is 11.3 Å². The molecule has 0 amide bonds. The number of nitrogens with two attached hydrogens (primary N) is 1. The molecular weight excluding hydrogens is 309 g/mol. The number of halogens is 3. The van der Waals surface area contributed by atoms with Crippen LogP contribution in [0.4, 0.5) is 23.9 Å². The van der Waals surface area contributed by atoms with Crippen molar-refractivity contribution >= 4 is 28.0 Å². The predicted octanol–water partition coefficient (Wildman–Crippen LogP) is 3.27. The number of hydrogen-bond donors (Lipinski definition) is 2. The Bertz CT molecular complexity index is 489. The third-order valence-corrected chi connectivity index (χ3v) is 3.77. The second kappa shape index (κ2) is 7.39. The monoisotopic (exact) mass is 326 g/mol. The third-order valence-electron chi connectivity index (χ3n) is 2.65. The minimum Gasteiger partial charge on any atom is -0.492 e. The summed E-state index contributed by atoms with van der Waals surface area (Å²) in [6.45, 7) is 0.326. The molecule has 5 nitrogen and oxygen atoms in total. The molecule has 0 aliphatic heterocycles. The number of carbonyl (C=O) groups excluding carboxylic acids is 1. The van der Waals surface area contributed by atoms with Gasteiger partial charge >= 0.3 is 12.1 Å². The number of nitrogens with one attached hydrogen (secondary N) is 1. The van der Waals surface area contributed by atoms with Gasteiger partial charge in [-0.15, -0.1) is 11.3 Å². The van der Waals surface area contributed by atoms with Crippen LogP contribution in [-0.2, 0) is 4.74 Å². The fourth-order valence-corrected chi connectivity index (χ4v) is 2.68. The molecule has 0 fully saturated rings. The molecule has 0 radical (unpaired) electrons. The number of thiophene rings is 1. The van der Waals surface area contributed by atoms with Crippen LogP contribution in [0.3, 0.4) is 0 Å². The maximum Gasteiger partial charge on any atom is 0.389 e. The molecule has 1 rings (SSSR count). The normalized spacial score (nSPS) is 11.3. The molecule has 120 valence electrons. The summed E-state index contributed by atoms with van der Waals surface area (Å²) in [7, 11) is 2.63. The molecule has 0 saturated carbocycles. The molecule has 9 heteroatoms. The summed E-state index contributed by atoms with van der Waals surface area (Å²) < 4.78 is 45.7. The number of methoxy groups -OCH3 is 2. The number of carbonyl (C=O) groups is 1. The van der Waals surface area contributed by atoms with Crippen molar-refractivity contribution < 1.29 is 27.4 Å². The highest BCUT2D eigenvalue weighted by molar-refractivity contribution is 7.19. The number of esters is 1. The number of hydrogen-bond acceptors (Lipinski definition) is 6. The van der Waals surface area contributed by atoms with Crippen molar-refractivity contribution in [2.24, 2.45) is 0 Å². The highest BCUT2D eigenvalue weighted by Gasteiger charge is 2.26. The molecule has 0 aliphatic rings. The Labute approximate surface area is 124 Å². The minimum absolute atomic E-state index is 0.0313. The van der Waals surface area contributed by atoms with E-state index in [0.29, 0.717) is 23.7 Å². The molecule has 0 atom stereocenters. The maximum atomic E-state index is 12.0. The van der Waals surface area contributed by atoms with E-state index in [1.54, 1.807) is 0 Å². The zero-order valence-electron chi connectivity index (χ0n) is 11.7. The summed E-state index contributed by atoms with van der Waals surface area (Å²) in [5.74, 6) is -0.280. The van der Waals surface area contributed by atoms with Crippen molar-refractivity contribution in [3.63, 3.8) is 0 Å². The Morgan fingerprint density at radius 3 is 2.52 bits per heavy atom. The highest BCUT2D eigenvalue weighted by atomic mass is 32.1. The van der Waals surface area contributed by atoms with E-state index >= 15 is 0 Å². The number of unbranched alkanes of at least 4 members (excludes halogenated alkanes) is 1. The average molecular weight is 326 g/mol. The van der Waals surface area contributed by atoms with Gasteiger partial charge in [0.1, 0.15) is 15.6 Å². The lowest BCUT2D eigenvalue weighted by Crippen LogP contribution is -2.08. The summed E-state index contributed by atoms with van der Waals surface area (Å²) in [6, 6.07) is 0. The standard InChI is InChI=1S/C12H17F3N2O3S/c1-19-8-7(16)9(11(18)20-2)21-10(8)17-6-4-3-5-12(13,14)15/h17H,3-6,16H2,1-2H3. The summed E-state index contributed by atoms with van der Waals surface area (Å²) in [4.78, 5) is 11.7. The van der Waals surface area contributed by atoms with E-state index < -0.39 is 18.6 Å². The van der Waals surface area contributed by atoms with Gasteiger partial charge < -0.3 is 20.5 Å². The largest absolute Gasteiger partial charge is 0.492 e. The summed E-state index contributed by atoms with van der Waals surface area (Å²) in [5, 5.41) is 3.43. The molecule has 1 aromatic rings. The first-order valence-electron chi connectivity index (χ1n) is 6.15. The zero-order valence-corrected chi connectivity index (χ0v) is 12.5. The van der Waals surface area contributed by atoms with E-state index in [0.717, 1.165) is 11.3 Å². The topological polar surface area (TPSA) is 73.6 Å². The van der Waals surface area contributed by atoms with Crippen molar-refractivity contribution in [1.29, 1.82) is 0 Å². The smallest absolute Gasteiger partial charge is 0.389 e. The second-order valence-corrected chi connectivity index (χ2v) is 5.22. The van der Waals surface area contributed by atoms with Crippen LogP contribution in [0.2, 0.25) is 0 Å². The molecule has 1 heterocycles. The Balaban J connectivity index is 2.61. The van der Waals surface area contributed by atoms with E-state index in [4.69, 9.17) is 10.5 Å². The van der Waals surface area contributed by atoms with Crippen molar-refractivity contribution in [3.05, 3.63) is 4.88 Å². The fraction of sp³-hybridized carbons (Fsp3) is 0.583. The lowest BCUT2D eigenvalue weighted by atomic mass is 10.2. The van der Waals surface area contributed by atoms with Crippen molar-refractivity contribution in [2.45, 2.75) is 25.4 Å². The molecule has 0 aromatic carbocycles. The first-order chi connectivity index (χ1) is 9.80. The SMILES string of the molecule is COC(=O)c1sc(NCCCCC(F)(F)F)c(OC)c1N. The van der Waals surface area contributed by atoms with Gasteiger partial charge in [0.05, 0.1) is 14.2 Å². The fourth-order valence-electron chi connectivity index (χ4n) is 1.64. The average Bonchev–Trinajstić information content (AvgIpc) is 2.72. The molecule has 0 saturated heterocycles. The van der Waals surface area contributed by atoms with Crippen LogP contribution in [0.25, 0.3) is 0 Å². The van der Waals surface area contributed by atoms with Gasteiger partial charge in [-0.3, -0.25) is 0 Å². The van der Waals surface area contributed by atoms with Gasteiger partial charge in [0.2, 0.25) is 0 Å². The molecule has 1 aromatic heterocycles. The van der Waals surface area contributed by atoms with Gasteiger partial charge in [-0.25, -0.2) is 4.79 Å². The van der Waals surface area contributed by atoms with E-state index in [1.807, 2.05) is 0 Å². The predicted molar refractivity (Wildman–Crippen MR) is 75.0 cm³/mol. The highest BCUT2D eigenvalue weighted by Crippen LogP contribution is 2.42. The second-order valence-electron chi connectivity index (χ2n) is 4.20. The van der Waals surface area contributed by atoms with Gasteiger partial charge in [-0.1, -0.05) is 0 Å². The third kappa shape index (κ3) is 5.00. The van der Waals surface area contributed by atoms with Crippen LogP contribution in [0.1, 0.15) is 28.9 Å². The Kier molecular flexibility index (Phi) is 6.13. The molecular formula is C12H17F3N2O3S. The summed E-state index contributed by atoms with van der Waals surface area (Å²) in [6.07, 6.45) is -4.58. The molecule has 0 bridgehead atoms. The Morgan fingerprint density at radius 2 is 2.00 bits per heavy atom. The first-order valence-corrected chi connectivity index (χ1v) is 6.97. The Morgan fingerprint density at radius 1 is 1.33 bits per heavy atom. The van der Waals surface area contributed by atoms with Gasteiger partial charge in [0.25, 0.3) is 0 Å². The number of nitrogen functional groups attached to an aromatic ring is 1. The number of anilines is 2. The maximum absolute atomic E-state index is 12.0. The van der Waals surface area contributed by atoms with E-state index in [1.165, 1.54) is 14.2 Å². The molecule has 0 aliphatic carbocycles. The Hall–Kier alpha value is -1.64. The lowest BCUT2D eigenvalue weighted by molar-refractivity contribution is -0.135. The van der Waals surface area contributed by atoms with Crippen LogP contribution in [-0.4, -0.2) is 32.9 Å². The summed E-state index contributed by atoms with van der Waals surface area (Å²) in [5.41, 5.74) is 5.93. The van der Waals surface area contributed by atoms with E-state index in [-0.39, 0.29) is 17.0 Å². The number of alkyl halides is 3. The molecule has 3 N–H and O–H groups in total. The number of rotatable bonds is 7. The first kappa shape index (κ1) is 17.4. The molecule has 0 unspecified atom stereocenters. The minimum atomic E-state index is -4.14. The van der Waals surface area contributed by atoms with Crippen LogP contribution in [0, 0.1) is 0 Å². The van der Waals surface area contributed by atoms with Gasteiger partial charge in [-0.05, 0) is 12.8 Å². The lowest BCUT2D eigenvalue weighted by Gasteiger charge is -2.08. The van der Waals surface area contributed by atoms with Crippen molar-refractivity contribution in [1.82, 2.24) is 0 Å². The van der Waals surface area contributed by atoms with E-state index in [2.05, 4.69) is 10.1 Å². The van der Waals surface area contributed by atoms with Gasteiger partial charge in [0.15, 0.2) is 5.75 Å². The van der Waals surface area contributed by atoms with Gasteiger partial charge in [-0.2, -0.15) is 13.2 Å². The van der Waals surface area contributed by atoms with Crippen LogP contribution in [0.15, 0.2) is 0 Å².